The van der Waals surface area contributed by atoms with Crippen molar-refractivity contribution in [3.8, 4) is 0 Å². The van der Waals surface area contributed by atoms with Crippen LogP contribution in [0.4, 0.5) is 5.00 Å². The Labute approximate surface area is 186 Å². The summed E-state index contributed by atoms with van der Waals surface area (Å²) in [7, 11) is 0. The van der Waals surface area contributed by atoms with Crippen molar-refractivity contribution in [2.24, 2.45) is 0 Å². The van der Waals surface area contributed by atoms with Crippen molar-refractivity contribution in [1.29, 1.82) is 0 Å². The van der Waals surface area contributed by atoms with E-state index in [4.69, 9.17) is 0 Å². The second kappa shape index (κ2) is 8.77. The molecule has 0 radical (unpaired) electrons. The number of unbranched alkanes of at least 4 members (excludes halogenated alkanes) is 1. The van der Waals surface area contributed by atoms with Crippen LogP contribution in [0.25, 0.3) is 10.9 Å². The van der Waals surface area contributed by atoms with E-state index in [9.17, 15) is 9.59 Å². The number of carbonyl (C=O) groups is 2. The standard InChI is InChI=1S/C24H26N4O2S/c29-22-17-18-7-1-2-8-19(18)23(30)28(22)12-6-5-11-26-13-15-27(16-14-26)24-20-9-3-4-10-21(20)25-31-24/h1-4,7-10H,5-6,11-17H2. The predicted octanol–water partition coefficient (Wildman–Crippen LogP) is 3.42. The summed E-state index contributed by atoms with van der Waals surface area (Å²) in [4.78, 5) is 31.4. The molecule has 0 saturated carbocycles. The van der Waals surface area contributed by atoms with Gasteiger partial charge in [0.25, 0.3) is 5.91 Å². The number of anilines is 1. The second-order valence-electron chi connectivity index (χ2n) is 8.23. The first kappa shape index (κ1) is 20.2. The van der Waals surface area contributed by atoms with Gasteiger partial charge >= 0.3 is 0 Å². The van der Waals surface area contributed by atoms with Crippen LogP contribution in [-0.2, 0) is 11.2 Å². The van der Waals surface area contributed by atoms with E-state index in [0.717, 1.165) is 56.6 Å². The van der Waals surface area contributed by atoms with Crippen molar-refractivity contribution in [2.75, 3.05) is 44.2 Å². The molecule has 3 aromatic rings. The lowest BCUT2D eigenvalue weighted by Gasteiger charge is -2.35. The SMILES string of the molecule is O=C1Cc2ccccc2C(=O)N1CCCCN1CCN(c2snc3ccccc23)CC1. The molecule has 6 nitrogen and oxygen atoms in total. The molecule has 0 spiro atoms. The highest BCUT2D eigenvalue weighted by molar-refractivity contribution is 7.11. The number of hydrogen-bond donors (Lipinski definition) is 0. The van der Waals surface area contributed by atoms with Gasteiger partial charge < -0.3 is 4.90 Å². The van der Waals surface area contributed by atoms with Crippen molar-refractivity contribution >= 4 is 39.3 Å². The number of rotatable bonds is 6. The lowest BCUT2D eigenvalue weighted by molar-refractivity contribution is -0.128. The molecule has 5 rings (SSSR count). The topological polar surface area (TPSA) is 56.8 Å². The van der Waals surface area contributed by atoms with E-state index in [-0.39, 0.29) is 11.8 Å². The molecule has 3 heterocycles. The van der Waals surface area contributed by atoms with Gasteiger partial charge in [-0.2, -0.15) is 4.37 Å². The van der Waals surface area contributed by atoms with Gasteiger partial charge in [-0.25, -0.2) is 0 Å². The number of hydrogen-bond acceptors (Lipinski definition) is 6. The van der Waals surface area contributed by atoms with E-state index in [2.05, 4.69) is 32.4 Å². The number of imide groups is 1. The molecular weight excluding hydrogens is 408 g/mol. The Balaban J connectivity index is 1.09. The zero-order valence-electron chi connectivity index (χ0n) is 17.5. The molecular formula is C24H26N4O2S. The molecule has 160 valence electrons. The summed E-state index contributed by atoms with van der Waals surface area (Å²) in [5.74, 6) is -0.216. The van der Waals surface area contributed by atoms with Gasteiger partial charge in [-0.05, 0) is 54.7 Å². The molecule has 7 heteroatoms. The second-order valence-corrected chi connectivity index (χ2v) is 8.98. The van der Waals surface area contributed by atoms with Crippen molar-refractivity contribution in [1.82, 2.24) is 14.2 Å². The minimum absolute atomic E-state index is 0.0749. The van der Waals surface area contributed by atoms with E-state index in [0.29, 0.717) is 18.5 Å². The first-order valence-electron chi connectivity index (χ1n) is 10.9. The maximum atomic E-state index is 12.6. The van der Waals surface area contributed by atoms with E-state index in [1.165, 1.54) is 15.3 Å². The highest BCUT2D eigenvalue weighted by atomic mass is 32.1. The Morgan fingerprint density at radius 3 is 2.48 bits per heavy atom. The van der Waals surface area contributed by atoms with Crippen LogP contribution in [0.5, 0.6) is 0 Å². The third-order valence-corrected chi connectivity index (χ3v) is 7.21. The van der Waals surface area contributed by atoms with Crippen LogP contribution in [0, 0.1) is 0 Å². The summed E-state index contributed by atoms with van der Waals surface area (Å²) in [5.41, 5.74) is 2.60. The summed E-state index contributed by atoms with van der Waals surface area (Å²) in [6, 6.07) is 15.8. The number of aromatic nitrogens is 1. The van der Waals surface area contributed by atoms with Crippen molar-refractivity contribution in [3.63, 3.8) is 0 Å². The van der Waals surface area contributed by atoms with Crippen LogP contribution in [0.1, 0.15) is 28.8 Å². The number of carbonyl (C=O) groups excluding carboxylic acids is 2. The molecule has 2 aliphatic rings. The molecule has 0 unspecified atom stereocenters. The van der Waals surface area contributed by atoms with Crippen LogP contribution >= 0.6 is 11.5 Å². The lowest BCUT2D eigenvalue weighted by atomic mass is 9.98. The third-order valence-electron chi connectivity index (χ3n) is 6.27. The van der Waals surface area contributed by atoms with Gasteiger partial charge in [0.2, 0.25) is 5.91 Å². The average Bonchev–Trinajstić information content (AvgIpc) is 3.23. The number of nitrogens with zero attached hydrogens (tertiary/aromatic N) is 4. The number of piperazine rings is 1. The summed E-state index contributed by atoms with van der Waals surface area (Å²) in [6.07, 6.45) is 2.16. The fraction of sp³-hybridized carbons (Fsp3) is 0.375. The first-order valence-corrected chi connectivity index (χ1v) is 11.7. The smallest absolute Gasteiger partial charge is 0.260 e. The molecule has 0 atom stereocenters. The molecule has 0 bridgehead atoms. The van der Waals surface area contributed by atoms with Gasteiger partial charge in [0.1, 0.15) is 5.00 Å². The Kier molecular flexibility index (Phi) is 5.70. The van der Waals surface area contributed by atoms with E-state index >= 15 is 0 Å². The van der Waals surface area contributed by atoms with Crippen LogP contribution < -0.4 is 4.90 Å². The Bertz CT molecular complexity index is 1100. The fourth-order valence-corrected chi connectivity index (χ4v) is 5.42. The Hall–Kier alpha value is -2.77. The molecule has 1 aromatic heterocycles. The Morgan fingerprint density at radius 2 is 1.61 bits per heavy atom. The van der Waals surface area contributed by atoms with Crippen molar-refractivity contribution < 1.29 is 9.59 Å². The number of fused-ring (bicyclic) bond motifs is 2. The molecule has 0 N–H and O–H groups in total. The molecule has 1 saturated heterocycles. The molecule has 2 aliphatic heterocycles. The first-order chi connectivity index (χ1) is 15.2. The molecule has 0 aliphatic carbocycles. The predicted molar refractivity (Wildman–Crippen MR) is 124 cm³/mol. The lowest BCUT2D eigenvalue weighted by Crippen LogP contribution is -2.46. The van der Waals surface area contributed by atoms with E-state index in [1.54, 1.807) is 11.5 Å². The van der Waals surface area contributed by atoms with Gasteiger partial charge in [-0.1, -0.05) is 30.3 Å². The maximum Gasteiger partial charge on any atom is 0.260 e. The van der Waals surface area contributed by atoms with Gasteiger partial charge in [-0.15, -0.1) is 0 Å². The van der Waals surface area contributed by atoms with E-state index in [1.807, 2.05) is 30.3 Å². The number of benzene rings is 2. The third kappa shape index (κ3) is 4.07. The minimum Gasteiger partial charge on any atom is -0.359 e. The van der Waals surface area contributed by atoms with Gasteiger partial charge in [-0.3, -0.25) is 19.4 Å². The maximum absolute atomic E-state index is 12.6. The normalized spacial score (nSPS) is 17.4. The van der Waals surface area contributed by atoms with Crippen molar-refractivity contribution in [2.45, 2.75) is 19.3 Å². The Morgan fingerprint density at radius 1 is 0.871 bits per heavy atom. The molecule has 2 aromatic carbocycles. The average molecular weight is 435 g/mol. The molecule has 2 amide bonds. The summed E-state index contributed by atoms with van der Waals surface area (Å²) in [6.45, 7) is 5.59. The largest absolute Gasteiger partial charge is 0.359 e. The fourth-order valence-electron chi connectivity index (χ4n) is 4.51. The van der Waals surface area contributed by atoms with Crippen LogP contribution in [0.3, 0.4) is 0 Å². The quantitative estimate of drug-likeness (QED) is 0.440. The van der Waals surface area contributed by atoms with E-state index < -0.39 is 0 Å². The van der Waals surface area contributed by atoms with Crippen molar-refractivity contribution in [3.05, 3.63) is 59.7 Å². The summed E-state index contributed by atoms with van der Waals surface area (Å²) in [5, 5.41) is 2.52. The zero-order valence-corrected chi connectivity index (χ0v) is 18.3. The molecule has 31 heavy (non-hydrogen) atoms. The summed E-state index contributed by atoms with van der Waals surface area (Å²) >= 11 is 1.59. The zero-order chi connectivity index (χ0) is 21.2. The van der Waals surface area contributed by atoms with Gasteiger partial charge in [0.05, 0.1) is 11.9 Å². The van der Waals surface area contributed by atoms with Crippen LogP contribution in [0.15, 0.2) is 48.5 Å². The highest BCUT2D eigenvalue weighted by Crippen LogP contribution is 2.31. The highest BCUT2D eigenvalue weighted by Gasteiger charge is 2.30. The van der Waals surface area contributed by atoms with Gasteiger partial charge in [0.15, 0.2) is 0 Å². The minimum atomic E-state index is -0.141. The van der Waals surface area contributed by atoms with Crippen LogP contribution in [-0.4, -0.2) is 65.3 Å². The number of amides is 2. The monoisotopic (exact) mass is 434 g/mol. The van der Waals surface area contributed by atoms with Gasteiger partial charge in [0, 0.05) is 43.7 Å². The van der Waals surface area contributed by atoms with Crippen LogP contribution in [0.2, 0.25) is 0 Å². The molecule has 1 fully saturated rings. The summed E-state index contributed by atoms with van der Waals surface area (Å²) < 4.78 is 4.57.